The maximum absolute atomic E-state index is 12.5. The topological polar surface area (TPSA) is 20.3 Å². The number of hydrogen-bond donors (Lipinski definition) is 0. The largest absolute Gasteiger partial charge is 0.308 e. The summed E-state index contributed by atoms with van der Waals surface area (Å²) in [7, 11) is 0. The van der Waals surface area contributed by atoms with Crippen molar-refractivity contribution < 1.29 is 4.79 Å². The van der Waals surface area contributed by atoms with E-state index in [4.69, 9.17) is 0 Å². The lowest BCUT2D eigenvalue weighted by atomic mass is 9.99. The Morgan fingerprint density at radius 1 is 0.957 bits per heavy atom. The average molecular weight is 366 g/mol. The molecule has 0 fully saturated rings. The average Bonchev–Trinajstić information content (AvgIpc) is 2.57. The minimum atomic E-state index is 0.202. The molecule has 1 aliphatic rings. The number of nitrogens with zero attached hydrogens (tertiary/aromatic N) is 1. The van der Waals surface area contributed by atoms with E-state index >= 15 is 0 Å². The Kier molecular flexibility index (Phi) is 3.66. The van der Waals surface area contributed by atoms with E-state index in [1.807, 2.05) is 23.1 Å². The van der Waals surface area contributed by atoms with Gasteiger partial charge in [-0.15, -0.1) is 0 Å². The predicted molar refractivity (Wildman–Crippen MR) is 97.6 cm³/mol. The Morgan fingerprint density at radius 2 is 1.78 bits per heavy atom. The van der Waals surface area contributed by atoms with Gasteiger partial charge in [0.05, 0.1) is 6.54 Å². The summed E-state index contributed by atoms with van der Waals surface area (Å²) < 4.78 is 1.07. The molecule has 0 bridgehead atoms. The summed E-state index contributed by atoms with van der Waals surface area (Å²) in [6.07, 6.45) is 1.40. The summed E-state index contributed by atoms with van der Waals surface area (Å²) >= 11 is 3.52. The zero-order valence-electron chi connectivity index (χ0n) is 12.6. The molecule has 3 heteroatoms. The molecule has 23 heavy (non-hydrogen) atoms. The van der Waals surface area contributed by atoms with Gasteiger partial charge in [0, 0.05) is 16.6 Å². The number of carbonyl (C=O) groups is 1. The SMILES string of the molecule is O=C1CCc2cc(Br)ccc2N1Cc1cccc2ccccc12. The molecule has 114 valence electrons. The van der Waals surface area contributed by atoms with E-state index in [0.29, 0.717) is 13.0 Å². The lowest BCUT2D eigenvalue weighted by Gasteiger charge is -2.30. The fourth-order valence-electron chi connectivity index (χ4n) is 3.30. The molecule has 3 aromatic rings. The fourth-order valence-corrected chi connectivity index (χ4v) is 3.71. The van der Waals surface area contributed by atoms with E-state index in [1.54, 1.807) is 0 Å². The van der Waals surface area contributed by atoms with Gasteiger partial charge in [0.1, 0.15) is 0 Å². The van der Waals surface area contributed by atoms with Gasteiger partial charge in [-0.25, -0.2) is 0 Å². The highest BCUT2D eigenvalue weighted by Gasteiger charge is 2.24. The first-order chi connectivity index (χ1) is 11.2. The third-order valence-electron chi connectivity index (χ3n) is 4.45. The van der Waals surface area contributed by atoms with Crippen LogP contribution in [-0.4, -0.2) is 5.91 Å². The number of halogens is 1. The molecule has 4 rings (SSSR count). The molecular formula is C20H16BrNO. The number of benzene rings is 3. The number of amides is 1. The summed E-state index contributed by atoms with van der Waals surface area (Å²) in [5, 5.41) is 2.43. The zero-order chi connectivity index (χ0) is 15.8. The van der Waals surface area contributed by atoms with Crippen molar-refractivity contribution in [2.75, 3.05) is 4.90 Å². The van der Waals surface area contributed by atoms with Crippen LogP contribution in [-0.2, 0) is 17.8 Å². The molecule has 0 aliphatic carbocycles. The van der Waals surface area contributed by atoms with Crippen molar-refractivity contribution >= 4 is 38.3 Å². The highest BCUT2D eigenvalue weighted by atomic mass is 79.9. The van der Waals surface area contributed by atoms with Crippen LogP contribution in [0.15, 0.2) is 65.1 Å². The van der Waals surface area contributed by atoms with Crippen molar-refractivity contribution in [1.82, 2.24) is 0 Å². The van der Waals surface area contributed by atoms with Crippen LogP contribution in [0.5, 0.6) is 0 Å². The number of hydrogen-bond acceptors (Lipinski definition) is 1. The summed E-state index contributed by atoms with van der Waals surface area (Å²) in [5.41, 5.74) is 3.46. The zero-order valence-corrected chi connectivity index (χ0v) is 14.2. The highest BCUT2D eigenvalue weighted by molar-refractivity contribution is 9.10. The molecule has 0 N–H and O–H groups in total. The van der Waals surface area contributed by atoms with Gasteiger partial charge in [-0.1, -0.05) is 58.4 Å². The number of carbonyl (C=O) groups excluding carboxylic acids is 1. The minimum absolute atomic E-state index is 0.202. The molecule has 0 saturated heterocycles. The second kappa shape index (κ2) is 5.82. The Balaban J connectivity index is 1.77. The van der Waals surface area contributed by atoms with Crippen molar-refractivity contribution in [3.63, 3.8) is 0 Å². The molecule has 2 nitrogen and oxygen atoms in total. The van der Waals surface area contributed by atoms with Gasteiger partial charge in [0.2, 0.25) is 5.91 Å². The fraction of sp³-hybridized carbons (Fsp3) is 0.150. The summed E-state index contributed by atoms with van der Waals surface area (Å²) in [5.74, 6) is 0.202. The Hall–Kier alpha value is -2.13. The molecule has 0 radical (unpaired) electrons. The first-order valence-electron chi connectivity index (χ1n) is 7.78. The van der Waals surface area contributed by atoms with Crippen molar-refractivity contribution in [2.45, 2.75) is 19.4 Å². The third kappa shape index (κ3) is 2.66. The van der Waals surface area contributed by atoms with Crippen LogP contribution in [0, 0.1) is 0 Å². The van der Waals surface area contributed by atoms with Gasteiger partial charge in [-0.3, -0.25) is 4.79 Å². The van der Waals surface area contributed by atoms with Crippen molar-refractivity contribution in [2.24, 2.45) is 0 Å². The van der Waals surface area contributed by atoms with E-state index in [9.17, 15) is 4.79 Å². The van der Waals surface area contributed by atoms with Gasteiger partial charge in [-0.05, 0) is 46.5 Å². The van der Waals surface area contributed by atoms with Gasteiger partial charge < -0.3 is 4.90 Å². The van der Waals surface area contributed by atoms with Gasteiger partial charge >= 0.3 is 0 Å². The van der Waals surface area contributed by atoms with Gasteiger partial charge in [0.25, 0.3) is 0 Å². The molecule has 1 heterocycles. The van der Waals surface area contributed by atoms with E-state index < -0.39 is 0 Å². The quantitative estimate of drug-likeness (QED) is 0.619. The maximum atomic E-state index is 12.5. The van der Waals surface area contributed by atoms with Crippen LogP contribution in [0.25, 0.3) is 10.8 Å². The Labute approximate surface area is 143 Å². The van der Waals surface area contributed by atoms with Crippen molar-refractivity contribution in [3.05, 3.63) is 76.3 Å². The summed E-state index contributed by atoms with van der Waals surface area (Å²) in [6, 6.07) is 20.8. The van der Waals surface area contributed by atoms with Gasteiger partial charge in [0.15, 0.2) is 0 Å². The van der Waals surface area contributed by atoms with Crippen molar-refractivity contribution in [1.29, 1.82) is 0 Å². The standard InChI is InChI=1S/C20H16BrNO/c21-17-9-10-19-15(12-17)8-11-20(23)22(19)13-16-6-3-5-14-4-1-2-7-18(14)16/h1-7,9-10,12H,8,11,13H2. The molecule has 0 unspecified atom stereocenters. The van der Waals surface area contributed by atoms with E-state index in [0.717, 1.165) is 16.6 Å². The number of aryl methyl sites for hydroxylation is 1. The van der Waals surface area contributed by atoms with Crippen LogP contribution < -0.4 is 4.90 Å². The highest BCUT2D eigenvalue weighted by Crippen LogP contribution is 2.32. The predicted octanol–water partition coefficient (Wildman–Crippen LogP) is 5.08. The normalized spacial score (nSPS) is 14.1. The molecule has 0 atom stereocenters. The smallest absolute Gasteiger partial charge is 0.227 e. The Morgan fingerprint density at radius 3 is 2.70 bits per heavy atom. The Bertz CT molecular complexity index is 898. The molecule has 0 saturated carbocycles. The lowest BCUT2D eigenvalue weighted by Crippen LogP contribution is -2.34. The van der Waals surface area contributed by atoms with E-state index in [2.05, 4.69) is 58.4 Å². The summed E-state index contributed by atoms with van der Waals surface area (Å²) in [4.78, 5) is 14.4. The molecule has 0 spiro atoms. The third-order valence-corrected chi connectivity index (χ3v) is 4.94. The molecule has 0 aromatic heterocycles. The maximum Gasteiger partial charge on any atom is 0.227 e. The van der Waals surface area contributed by atoms with E-state index in [-0.39, 0.29) is 5.91 Å². The second-order valence-electron chi connectivity index (χ2n) is 5.89. The monoisotopic (exact) mass is 365 g/mol. The number of rotatable bonds is 2. The van der Waals surface area contributed by atoms with Crippen LogP contribution in [0.1, 0.15) is 17.5 Å². The first kappa shape index (κ1) is 14.5. The first-order valence-corrected chi connectivity index (χ1v) is 8.57. The second-order valence-corrected chi connectivity index (χ2v) is 6.81. The molecular weight excluding hydrogens is 350 g/mol. The summed E-state index contributed by atoms with van der Waals surface area (Å²) in [6.45, 7) is 0.620. The van der Waals surface area contributed by atoms with Crippen molar-refractivity contribution in [3.8, 4) is 0 Å². The molecule has 1 aliphatic heterocycles. The lowest BCUT2D eigenvalue weighted by molar-refractivity contribution is -0.119. The molecule has 3 aromatic carbocycles. The van der Waals surface area contributed by atoms with Crippen LogP contribution in [0.4, 0.5) is 5.69 Å². The minimum Gasteiger partial charge on any atom is -0.308 e. The van der Waals surface area contributed by atoms with Gasteiger partial charge in [-0.2, -0.15) is 0 Å². The van der Waals surface area contributed by atoms with Crippen LogP contribution >= 0.6 is 15.9 Å². The van der Waals surface area contributed by atoms with Crippen LogP contribution in [0.3, 0.4) is 0 Å². The van der Waals surface area contributed by atoms with E-state index in [1.165, 1.54) is 21.9 Å². The number of anilines is 1. The van der Waals surface area contributed by atoms with Crippen LogP contribution in [0.2, 0.25) is 0 Å². The molecule has 1 amide bonds. The number of fused-ring (bicyclic) bond motifs is 2.